The highest BCUT2D eigenvalue weighted by Crippen LogP contribution is 2.09. The van der Waals surface area contributed by atoms with E-state index in [1.54, 1.807) is 0 Å². The van der Waals surface area contributed by atoms with Crippen molar-refractivity contribution in [2.45, 2.75) is 51.4 Å². The molecule has 152 valence electrons. The summed E-state index contributed by atoms with van der Waals surface area (Å²) in [6, 6.07) is 20.0. The van der Waals surface area contributed by atoms with Gasteiger partial charge in [-0.2, -0.15) is 0 Å². The van der Waals surface area contributed by atoms with Crippen LogP contribution in [0.2, 0.25) is 0 Å². The number of carboxylic acids is 2. The molecule has 0 aliphatic carbocycles. The summed E-state index contributed by atoms with van der Waals surface area (Å²) in [5.41, 5.74) is 8.33. The summed E-state index contributed by atoms with van der Waals surface area (Å²) in [7, 11) is 0. The van der Waals surface area contributed by atoms with Crippen molar-refractivity contribution in [1.82, 2.24) is 0 Å². The maximum atomic E-state index is 10.1. The van der Waals surface area contributed by atoms with Gasteiger partial charge in [0.1, 0.15) is 0 Å². The van der Waals surface area contributed by atoms with Crippen LogP contribution in [0.15, 0.2) is 60.7 Å². The SMILES string of the molecule is O=C(O)CCCCCCCCC(=O)O.c1ccc(NNc2ccccc2)cc1. The minimum absolute atomic E-state index is 0.245. The second-order valence-electron chi connectivity index (χ2n) is 6.39. The highest BCUT2D eigenvalue weighted by atomic mass is 16.4. The van der Waals surface area contributed by atoms with Gasteiger partial charge in [0.2, 0.25) is 0 Å². The highest BCUT2D eigenvalue weighted by Gasteiger charge is 1.98. The summed E-state index contributed by atoms with van der Waals surface area (Å²) in [4.78, 5) is 20.3. The molecule has 0 saturated heterocycles. The van der Waals surface area contributed by atoms with Gasteiger partial charge in [0.05, 0.1) is 11.4 Å². The van der Waals surface area contributed by atoms with Gasteiger partial charge in [-0.3, -0.25) is 9.59 Å². The normalized spacial score (nSPS) is 9.71. The Balaban J connectivity index is 0.000000280. The van der Waals surface area contributed by atoms with Crippen LogP contribution in [0, 0.1) is 0 Å². The van der Waals surface area contributed by atoms with Gasteiger partial charge in [-0.25, -0.2) is 0 Å². The maximum absolute atomic E-state index is 10.1. The molecule has 0 bridgehead atoms. The summed E-state index contributed by atoms with van der Waals surface area (Å²) < 4.78 is 0. The molecule has 4 N–H and O–H groups in total. The van der Waals surface area contributed by atoms with Crippen molar-refractivity contribution in [3.8, 4) is 0 Å². The number of carbonyl (C=O) groups is 2. The molecule has 0 fully saturated rings. The van der Waals surface area contributed by atoms with Crippen molar-refractivity contribution in [3.63, 3.8) is 0 Å². The van der Waals surface area contributed by atoms with Gasteiger partial charge in [-0.15, -0.1) is 0 Å². The van der Waals surface area contributed by atoms with Crippen LogP contribution in [0.1, 0.15) is 51.4 Å². The van der Waals surface area contributed by atoms with Crippen LogP contribution in [0.25, 0.3) is 0 Å². The standard InChI is InChI=1S/C12H12N2.C10H18O4/c1-3-7-11(8-4-1)13-14-12-9-5-2-6-10-12;11-9(12)7-5-3-1-2-4-6-8-10(13)14/h1-10,13-14H;1-8H2,(H,11,12)(H,13,14). The number of aliphatic carboxylic acids is 2. The molecule has 0 aliphatic rings. The fraction of sp³-hybridized carbons (Fsp3) is 0.364. The van der Waals surface area contributed by atoms with Crippen molar-refractivity contribution in [1.29, 1.82) is 0 Å². The van der Waals surface area contributed by atoms with Crippen molar-refractivity contribution < 1.29 is 19.8 Å². The minimum atomic E-state index is -0.740. The van der Waals surface area contributed by atoms with Crippen molar-refractivity contribution >= 4 is 23.3 Å². The Bertz CT molecular complexity index is 603. The Morgan fingerprint density at radius 2 is 0.893 bits per heavy atom. The van der Waals surface area contributed by atoms with E-state index in [9.17, 15) is 9.59 Å². The molecule has 0 saturated carbocycles. The van der Waals surface area contributed by atoms with Crippen LogP contribution >= 0.6 is 0 Å². The number of para-hydroxylation sites is 2. The first-order valence-corrected chi connectivity index (χ1v) is 9.63. The molecule has 28 heavy (non-hydrogen) atoms. The molecule has 0 aliphatic heterocycles. The highest BCUT2D eigenvalue weighted by molar-refractivity contribution is 5.66. The molecule has 0 unspecified atom stereocenters. The fourth-order valence-electron chi connectivity index (χ4n) is 2.45. The lowest BCUT2D eigenvalue weighted by atomic mass is 10.1. The molecule has 0 amide bonds. The molecule has 0 heterocycles. The van der Waals surface area contributed by atoms with Gasteiger partial charge >= 0.3 is 11.9 Å². The lowest BCUT2D eigenvalue weighted by Gasteiger charge is -2.08. The van der Waals surface area contributed by atoms with E-state index >= 15 is 0 Å². The maximum Gasteiger partial charge on any atom is 0.303 e. The van der Waals surface area contributed by atoms with Crippen molar-refractivity contribution in [3.05, 3.63) is 60.7 Å². The molecule has 2 aromatic rings. The van der Waals surface area contributed by atoms with E-state index in [1.807, 2.05) is 60.7 Å². The minimum Gasteiger partial charge on any atom is -0.481 e. The lowest BCUT2D eigenvalue weighted by Crippen LogP contribution is -2.07. The number of hydrazine groups is 1. The molecule has 0 spiro atoms. The third-order valence-corrected chi connectivity index (χ3v) is 3.93. The predicted molar refractivity (Wildman–Crippen MR) is 112 cm³/mol. The molecule has 2 aromatic carbocycles. The predicted octanol–water partition coefficient (Wildman–Crippen LogP) is 5.40. The van der Waals surface area contributed by atoms with Crippen LogP contribution in [-0.2, 0) is 9.59 Å². The van der Waals surface area contributed by atoms with Gasteiger partial charge in [-0.05, 0) is 37.1 Å². The topological polar surface area (TPSA) is 98.7 Å². The van der Waals surface area contributed by atoms with Crippen LogP contribution in [0.4, 0.5) is 11.4 Å². The lowest BCUT2D eigenvalue weighted by molar-refractivity contribution is -0.138. The molecular weight excluding hydrogens is 356 g/mol. The van der Waals surface area contributed by atoms with E-state index in [1.165, 1.54) is 0 Å². The van der Waals surface area contributed by atoms with E-state index in [4.69, 9.17) is 10.2 Å². The van der Waals surface area contributed by atoms with Crippen molar-refractivity contribution in [2.24, 2.45) is 0 Å². The fourth-order valence-corrected chi connectivity index (χ4v) is 2.45. The number of hydrogen-bond donors (Lipinski definition) is 4. The van der Waals surface area contributed by atoms with Gasteiger partial charge in [0, 0.05) is 12.8 Å². The third-order valence-electron chi connectivity index (χ3n) is 3.93. The number of carboxylic acid groups (broad SMARTS) is 2. The number of nitrogens with one attached hydrogen (secondary N) is 2. The zero-order chi connectivity index (χ0) is 20.5. The number of rotatable bonds is 12. The first-order valence-electron chi connectivity index (χ1n) is 9.63. The molecular formula is C22H30N2O4. The number of hydrogen-bond acceptors (Lipinski definition) is 4. The molecule has 6 heteroatoms. The average molecular weight is 386 g/mol. The Hall–Kier alpha value is -3.02. The van der Waals surface area contributed by atoms with Crippen LogP contribution in [0.5, 0.6) is 0 Å². The van der Waals surface area contributed by atoms with E-state index in [2.05, 4.69) is 10.9 Å². The number of benzene rings is 2. The van der Waals surface area contributed by atoms with Crippen LogP contribution in [-0.4, -0.2) is 22.2 Å². The van der Waals surface area contributed by atoms with E-state index in [0.717, 1.165) is 49.9 Å². The van der Waals surface area contributed by atoms with E-state index < -0.39 is 11.9 Å². The van der Waals surface area contributed by atoms with E-state index in [0.29, 0.717) is 0 Å². The second kappa shape index (κ2) is 15.1. The Labute approximate surface area is 166 Å². The van der Waals surface area contributed by atoms with E-state index in [-0.39, 0.29) is 12.8 Å². The summed E-state index contributed by atoms with van der Waals surface area (Å²) in [5, 5.41) is 16.7. The van der Waals surface area contributed by atoms with Gasteiger partial charge < -0.3 is 21.1 Å². The smallest absolute Gasteiger partial charge is 0.303 e. The monoisotopic (exact) mass is 386 g/mol. The first-order chi connectivity index (χ1) is 13.6. The summed E-state index contributed by atoms with van der Waals surface area (Å²) in [5.74, 6) is -1.48. The zero-order valence-electron chi connectivity index (χ0n) is 16.1. The van der Waals surface area contributed by atoms with Crippen molar-refractivity contribution in [2.75, 3.05) is 10.9 Å². The Morgan fingerprint density at radius 1 is 0.571 bits per heavy atom. The molecule has 0 radical (unpaired) electrons. The van der Waals surface area contributed by atoms with Crippen LogP contribution < -0.4 is 10.9 Å². The molecule has 0 aromatic heterocycles. The van der Waals surface area contributed by atoms with Gasteiger partial charge in [0.15, 0.2) is 0 Å². The molecule has 0 atom stereocenters. The largest absolute Gasteiger partial charge is 0.481 e. The summed E-state index contributed by atoms with van der Waals surface area (Å²) >= 11 is 0. The summed E-state index contributed by atoms with van der Waals surface area (Å²) in [6.07, 6.45) is 5.82. The average Bonchev–Trinajstić information content (AvgIpc) is 2.70. The summed E-state index contributed by atoms with van der Waals surface area (Å²) in [6.45, 7) is 0. The number of unbranched alkanes of at least 4 members (excludes halogenated alkanes) is 5. The second-order valence-corrected chi connectivity index (χ2v) is 6.39. The third kappa shape index (κ3) is 13.2. The van der Waals surface area contributed by atoms with Crippen LogP contribution in [0.3, 0.4) is 0 Å². The zero-order valence-corrected chi connectivity index (χ0v) is 16.1. The number of anilines is 2. The molecule has 2 rings (SSSR count). The van der Waals surface area contributed by atoms with Gasteiger partial charge in [0.25, 0.3) is 0 Å². The Kier molecular flexibility index (Phi) is 12.4. The molecule has 6 nitrogen and oxygen atoms in total. The van der Waals surface area contributed by atoms with Gasteiger partial charge in [-0.1, -0.05) is 62.1 Å². The quantitative estimate of drug-likeness (QED) is 0.288. The first kappa shape index (κ1) is 23.0. The Morgan fingerprint density at radius 3 is 1.21 bits per heavy atom.